The fourth-order valence-corrected chi connectivity index (χ4v) is 3.83. The van der Waals surface area contributed by atoms with Crippen molar-refractivity contribution >= 4 is 39.2 Å². The molecule has 1 aromatic heterocycles. The van der Waals surface area contributed by atoms with Crippen LogP contribution >= 0.6 is 11.5 Å². The number of hydrogen-bond donors (Lipinski definition) is 1. The van der Waals surface area contributed by atoms with E-state index in [0.717, 1.165) is 10.1 Å². The number of para-hydroxylation sites is 1. The lowest BCUT2D eigenvalue weighted by molar-refractivity contribution is 0.0669. The van der Waals surface area contributed by atoms with Gasteiger partial charge in [-0.2, -0.15) is 4.37 Å². The molecule has 0 aliphatic carbocycles. The molecule has 2 aromatic carbocycles. The molecule has 0 atom stereocenters. The number of amides is 3. The Hall–Kier alpha value is -3.00. The van der Waals surface area contributed by atoms with Gasteiger partial charge in [-0.1, -0.05) is 30.3 Å². The molecule has 0 radical (unpaired) electrons. The smallest absolute Gasteiger partial charge is 0.322 e. The maximum atomic E-state index is 13.7. The van der Waals surface area contributed by atoms with Gasteiger partial charge in [0.1, 0.15) is 11.5 Å². The Balaban J connectivity index is 1.39. The quantitative estimate of drug-likeness (QED) is 0.736. The summed E-state index contributed by atoms with van der Waals surface area (Å²) in [6, 6.07) is 13.3. The van der Waals surface area contributed by atoms with Crippen molar-refractivity contribution in [2.24, 2.45) is 0 Å². The first kappa shape index (κ1) is 17.4. The van der Waals surface area contributed by atoms with Crippen molar-refractivity contribution in [1.29, 1.82) is 0 Å². The maximum Gasteiger partial charge on any atom is 0.322 e. The van der Waals surface area contributed by atoms with E-state index in [1.807, 2.05) is 24.3 Å². The van der Waals surface area contributed by atoms with Crippen molar-refractivity contribution in [2.45, 2.75) is 0 Å². The lowest BCUT2D eigenvalue weighted by Crippen LogP contribution is -2.51. The molecule has 138 valence electrons. The number of nitrogens with one attached hydrogen (secondary N) is 1. The Morgan fingerprint density at radius 3 is 2.41 bits per heavy atom. The molecule has 0 bridgehead atoms. The zero-order valence-electron chi connectivity index (χ0n) is 14.4. The third-order valence-electron chi connectivity index (χ3n) is 4.55. The van der Waals surface area contributed by atoms with Crippen LogP contribution in [-0.2, 0) is 0 Å². The number of benzene rings is 2. The summed E-state index contributed by atoms with van der Waals surface area (Å²) in [6.07, 6.45) is 0. The molecule has 2 heterocycles. The van der Waals surface area contributed by atoms with Gasteiger partial charge in [-0.15, -0.1) is 0 Å². The number of hydrogen-bond acceptors (Lipinski definition) is 4. The summed E-state index contributed by atoms with van der Waals surface area (Å²) in [5.41, 5.74) is 0.606. The fourth-order valence-electron chi connectivity index (χ4n) is 3.06. The van der Waals surface area contributed by atoms with E-state index >= 15 is 0 Å². The van der Waals surface area contributed by atoms with Gasteiger partial charge in [-0.3, -0.25) is 4.79 Å². The number of urea groups is 1. The molecular formula is C19H17FN4O2S. The minimum Gasteiger partial charge on any atom is -0.334 e. The SMILES string of the molecule is O=C(Nc1ccccc1F)N1CCN(C(=O)c2nsc3ccccc23)CC1. The summed E-state index contributed by atoms with van der Waals surface area (Å²) in [6.45, 7) is 1.59. The molecule has 0 spiro atoms. The predicted octanol–water partition coefficient (Wildman–Crippen LogP) is 3.43. The van der Waals surface area contributed by atoms with Gasteiger partial charge in [0.05, 0.1) is 10.4 Å². The Morgan fingerprint density at radius 1 is 0.963 bits per heavy atom. The number of piperazine rings is 1. The van der Waals surface area contributed by atoms with Crippen molar-refractivity contribution in [3.63, 3.8) is 0 Å². The highest BCUT2D eigenvalue weighted by molar-refractivity contribution is 7.13. The molecule has 8 heteroatoms. The van der Waals surface area contributed by atoms with Crippen molar-refractivity contribution in [2.75, 3.05) is 31.5 Å². The highest BCUT2D eigenvalue weighted by Gasteiger charge is 2.27. The van der Waals surface area contributed by atoms with Gasteiger partial charge in [0.15, 0.2) is 0 Å². The van der Waals surface area contributed by atoms with Crippen LogP contribution in [0.3, 0.4) is 0 Å². The van der Waals surface area contributed by atoms with Crippen LogP contribution in [0.25, 0.3) is 10.1 Å². The zero-order valence-corrected chi connectivity index (χ0v) is 15.2. The molecule has 1 saturated heterocycles. The van der Waals surface area contributed by atoms with E-state index in [-0.39, 0.29) is 17.6 Å². The van der Waals surface area contributed by atoms with E-state index in [1.54, 1.807) is 21.9 Å². The van der Waals surface area contributed by atoms with Crippen LogP contribution in [0.15, 0.2) is 48.5 Å². The Bertz CT molecular complexity index is 998. The minimum absolute atomic E-state index is 0.124. The number of nitrogens with zero attached hydrogens (tertiary/aromatic N) is 3. The summed E-state index contributed by atoms with van der Waals surface area (Å²) in [7, 11) is 0. The second-order valence-electron chi connectivity index (χ2n) is 6.22. The minimum atomic E-state index is -0.477. The van der Waals surface area contributed by atoms with Crippen molar-refractivity contribution in [3.05, 3.63) is 60.0 Å². The average Bonchev–Trinajstić information content (AvgIpc) is 3.13. The summed E-state index contributed by atoms with van der Waals surface area (Å²) in [4.78, 5) is 28.4. The molecule has 6 nitrogen and oxygen atoms in total. The molecule has 3 aromatic rings. The first-order chi connectivity index (χ1) is 13.1. The number of rotatable bonds is 2. The third kappa shape index (κ3) is 3.48. The molecule has 27 heavy (non-hydrogen) atoms. The molecule has 1 N–H and O–H groups in total. The largest absolute Gasteiger partial charge is 0.334 e. The number of aromatic nitrogens is 1. The van der Waals surface area contributed by atoms with Gasteiger partial charge in [0.2, 0.25) is 0 Å². The maximum absolute atomic E-state index is 13.7. The summed E-state index contributed by atoms with van der Waals surface area (Å²) < 4.78 is 19.0. The molecular weight excluding hydrogens is 367 g/mol. The van der Waals surface area contributed by atoms with Crippen LogP contribution in [0, 0.1) is 5.82 Å². The van der Waals surface area contributed by atoms with Crippen molar-refractivity contribution in [1.82, 2.24) is 14.2 Å². The van der Waals surface area contributed by atoms with E-state index in [0.29, 0.717) is 31.9 Å². The summed E-state index contributed by atoms with van der Waals surface area (Å²) in [5.74, 6) is -0.600. The van der Waals surface area contributed by atoms with Gasteiger partial charge in [-0.05, 0) is 29.7 Å². The second-order valence-corrected chi connectivity index (χ2v) is 7.02. The van der Waals surface area contributed by atoms with Crippen LogP contribution < -0.4 is 5.32 Å². The van der Waals surface area contributed by atoms with E-state index in [1.165, 1.54) is 23.7 Å². The van der Waals surface area contributed by atoms with Crippen LogP contribution in [0.2, 0.25) is 0 Å². The molecule has 4 rings (SSSR count). The molecule has 1 aliphatic heterocycles. The van der Waals surface area contributed by atoms with Crippen molar-refractivity contribution < 1.29 is 14.0 Å². The molecule has 3 amide bonds. The van der Waals surface area contributed by atoms with Crippen molar-refractivity contribution in [3.8, 4) is 0 Å². The zero-order chi connectivity index (χ0) is 18.8. The summed E-state index contributed by atoms with van der Waals surface area (Å²) in [5, 5.41) is 3.43. The fraction of sp³-hybridized carbons (Fsp3) is 0.211. The van der Waals surface area contributed by atoms with Crippen LogP contribution in [0.1, 0.15) is 10.5 Å². The highest BCUT2D eigenvalue weighted by Crippen LogP contribution is 2.24. The summed E-state index contributed by atoms with van der Waals surface area (Å²) >= 11 is 1.31. The predicted molar refractivity (Wildman–Crippen MR) is 103 cm³/mol. The molecule has 0 unspecified atom stereocenters. The van der Waals surface area contributed by atoms with Gasteiger partial charge < -0.3 is 15.1 Å². The highest BCUT2D eigenvalue weighted by atomic mass is 32.1. The first-order valence-electron chi connectivity index (χ1n) is 8.57. The van der Waals surface area contributed by atoms with Gasteiger partial charge >= 0.3 is 6.03 Å². The average molecular weight is 384 g/mol. The van der Waals surface area contributed by atoms with E-state index < -0.39 is 5.82 Å². The Labute approximate surface area is 159 Å². The van der Waals surface area contributed by atoms with Crippen LogP contribution in [0.4, 0.5) is 14.9 Å². The van der Waals surface area contributed by atoms with Crippen LogP contribution in [0.5, 0.6) is 0 Å². The van der Waals surface area contributed by atoms with E-state index in [2.05, 4.69) is 9.69 Å². The lowest BCUT2D eigenvalue weighted by Gasteiger charge is -2.34. The number of anilines is 1. The number of carbonyl (C=O) groups is 2. The first-order valence-corrected chi connectivity index (χ1v) is 9.35. The van der Waals surface area contributed by atoms with Gasteiger partial charge in [-0.25, -0.2) is 9.18 Å². The Morgan fingerprint density at radius 2 is 1.63 bits per heavy atom. The molecule has 0 saturated carbocycles. The number of fused-ring (bicyclic) bond motifs is 1. The topological polar surface area (TPSA) is 65.5 Å². The van der Waals surface area contributed by atoms with Crippen LogP contribution in [-0.4, -0.2) is 52.3 Å². The number of carbonyl (C=O) groups excluding carboxylic acids is 2. The standard InChI is InChI=1S/C19H17FN4O2S/c20-14-6-2-3-7-15(14)21-19(26)24-11-9-23(10-12-24)18(25)17-13-5-1-4-8-16(13)27-22-17/h1-8H,9-12H2,(H,21,26). The molecule has 1 aliphatic rings. The van der Waals surface area contributed by atoms with E-state index in [9.17, 15) is 14.0 Å². The van der Waals surface area contributed by atoms with Gasteiger partial charge in [0.25, 0.3) is 5.91 Å². The monoisotopic (exact) mass is 384 g/mol. The lowest BCUT2D eigenvalue weighted by atomic mass is 10.2. The Kier molecular flexibility index (Phi) is 4.72. The third-order valence-corrected chi connectivity index (χ3v) is 5.38. The normalized spacial score (nSPS) is 14.4. The number of halogens is 1. The van der Waals surface area contributed by atoms with Gasteiger partial charge in [0, 0.05) is 31.6 Å². The molecule has 1 fully saturated rings. The second kappa shape index (κ2) is 7.32. The van der Waals surface area contributed by atoms with E-state index in [4.69, 9.17) is 0 Å².